The molecule has 8 heteroatoms. The second-order valence-corrected chi connectivity index (χ2v) is 8.09. The summed E-state index contributed by atoms with van der Waals surface area (Å²) in [7, 11) is 4.58. The van der Waals surface area contributed by atoms with Crippen molar-refractivity contribution in [3.63, 3.8) is 0 Å². The van der Waals surface area contributed by atoms with Crippen LogP contribution in [-0.2, 0) is 0 Å². The van der Waals surface area contributed by atoms with Gasteiger partial charge in [-0.15, -0.1) is 0 Å². The number of nitrogens with zero attached hydrogens (tertiary/aromatic N) is 1. The van der Waals surface area contributed by atoms with E-state index in [4.69, 9.17) is 30.2 Å². The average Bonchev–Trinajstić information content (AvgIpc) is 3.16. The number of fused-ring (bicyclic) bond motifs is 2. The molecule has 7 nitrogen and oxygen atoms in total. The van der Waals surface area contributed by atoms with E-state index in [-0.39, 0.29) is 16.8 Å². The molecule has 4 aromatic rings. The van der Waals surface area contributed by atoms with Crippen LogP contribution in [0.1, 0.15) is 27.7 Å². The van der Waals surface area contributed by atoms with Gasteiger partial charge in [0.2, 0.25) is 5.76 Å². The molecule has 0 bridgehead atoms. The normalized spacial score (nSPS) is 14.9. The summed E-state index contributed by atoms with van der Waals surface area (Å²) in [6.45, 7) is 0. The van der Waals surface area contributed by atoms with Crippen molar-refractivity contribution in [2.75, 3.05) is 26.2 Å². The third-order valence-electron chi connectivity index (χ3n) is 5.91. The number of methoxy groups -OCH3 is 3. The van der Waals surface area contributed by atoms with Crippen LogP contribution in [0.15, 0.2) is 69.9 Å². The number of anilines is 1. The molecule has 0 fully saturated rings. The fraction of sp³-hybridized carbons (Fsp3) is 0.154. The van der Waals surface area contributed by atoms with Gasteiger partial charge >= 0.3 is 0 Å². The highest BCUT2D eigenvalue weighted by atomic mass is 35.5. The largest absolute Gasteiger partial charge is 0.495 e. The van der Waals surface area contributed by atoms with Gasteiger partial charge in [-0.05, 0) is 48.0 Å². The van der Waals surface area contributed by atoms with E-state index in [1.54, 1.807) is 67.8 Å². The fourth-order valence-electron chi connectivity index (χ4n) is 4.33. The van der Waals surface area contributed by atoms with Crippen LogP contribution >= 0.6 is 11.6 Å². The Morgan fingerprint density at radius 1 is 0.853 bits per heavy atom. The van der Waals surface area contributed by atoms with Crippen LogP contribution in [0.3, 0.4) is 0 Å². The van der Waals surface area contributed by atoms with Crippen molar-refractivity contribution in [1.82, 2.24) is 0 Å². The number of hydrogen-bond acceptors (Lipinski definition) is 6. The van der Waals surface area contributed by atoms with Gasteiger partial charge in [-0.2, -0.15) is 0 Å². The highest BCUT2D eigenvalue weighted by Crippen LogP contribution is 2.44. The molecular weight excluding hydrogens is 458 g/mol. The lowest BCUT2D eigenvalue weighted by Crippen LogP contribution is -2.29. The lowest BCUT2D eigenvalue weighted by Gasteiger charge is -2.26. The van der Waals surface area contributed by atoms with Gasteiger partial charge < -0.3 is 18.6 Å². The van der Waals surface area contributed by atoms with Gasteiger partial charge in [0.05, 0.1) is 43.3 Å². The van der Waals surface area contributed by atoms with Crippen molar-refractivity contribution in [3.8, 4) is 17.2 Å². The standard InChI is InChI=1S/C26H20ClNO6/c1-31-19-11-9-15(13-17(19)27)28-23(14-8-10-20(32-2)21(12-14)33-3)22-24(29)16-6-4-5-7-18(16)34-25(22)26(28)30/h4-13,23H,1-3H3. The molecule has 34 heavy (non-hydrogen) atoms. The first-order valence-electron chi connectivity index (χ1n) is 10.4. The first kappa shape index (κ1) is 21.9. The predicted octanol–water partition coefficient (Wildman–Crippen LogP) is 5.22. The van der Waals surface area contributed by atoms with Crippen LogP contribution in [0, 0.1) is 0 Å². The Morgan fingerprint density at radius 2 is 1.56 bits per heavy atom. The van der Waals surface area contributed by atoms with Crippen molar-refractivity contribution in [1.29, 1.82) is 0 Å². The number of carbonyl (C=O) groups excluding carboxylic acids is 1. The minimum absolute atomic E-state index is 0.00424. The summed E-state index contributed by atoms with van der Waals surface area (Å²) >= 11 is 6.38. The van der Waals surface area contributed by atoms with Crippen LogP contribution < -0.4 is 24.5 Å². The van der Waals surface area contributed by atoms with Crippen LogP contribution in [0.4, 0.5) is 5.69 Å². The van der Waals surface area contributed by atoms with E-state index >= 15 is 0 Å². The Morgan fingerprint density at radius 3 is 2.26 bits per heavy atom. The number of ether oxygens (including phenoxy) is 3. The Hall–Kier alpha value is -3.97. The van der Waals surface area contributed by atoms with E-state index in [1.165, 1.54) is 19.1 Å². The predicted molar refractivity (Wildman–Crippen MR) is 129 cm³/mol. The van der Waals surface area contributed by atoms with Crippen molar-refractivity contribution >= 4 is 34.2 Å². The second kappa shape index (κ2) is 8.43. The maximum atomic E-state index is 13.7. The first-order valence-corrected chi connectivity index (χ1v) is 10.8. The Bertz CT molecular complexity index is 1490. The van der Waals surface area contributed by atoms with Gasteiger partial charge in [0.25, 0.3) is 5.91 Å². The molecule has 0 saturated carbocycles. The van der Waals surface area contributed by atoms with E-state index < -0.39 is 11.9 Å². The zero-order chi connectivity index (χ0) is 24.0. The number of carbonyl (C=O) groups is 1. The molecule has 2 heterocycles. The fourth-order valence-corrected chi connectivity index (χ4v) is 4.58. The molecule has 1 unspecified atom stereocenters. The third kappa shape index (κ3) is 3.28. The summed E-state index contributed by atoms with van der Waals surface area (Å²) in [4.78, 5) is 28.8. The number of halogens is 1. The van der Waals surface area contributed by atoms with Gasteiger partial charge in [-0.25, -0.2) is 0 Å². The summed E-state index contributed by atoms with van der Waals surface area (Å²) in [5, 5.41) is 0.730. The number of para-hydroxylation sites is 1. The van der Waals surface area contributed by atoms with E-state index in [0.29, 0.717) is 44.5 Å². The Kier molecular flexibility index (Phi) is 5.42. The topological polar surface area (TPSA) is 78.2 Å². The monoisotopic (exact) mass is 477 g/mol. The van der Waals surface area contributed by atoms with Crippen LogP contribution in [0.25, 0.3) is 11.0 Å². The lowest BCUT2D eigenvalue weighted by molar-refractivity contribution is 0.0971. The van der Waals surface area contributed by atoms with Gasteiger partial charge in [-0.3, -0.25) is 14.5 Å². The van der Waals surface area contributed by atoms with Gasteiger partial charge in [0.15, 0.2) is 16.9 Å². The molecule has 0 saturated heterocycles. The molecule has 0 spiro atoms. The highest BCUT2D eigenvalue weighted by Gasteiger charge is 2.44. The van der Waals surface area contributed by atoms with E-state index in [0.717, 1.165) is 0 Å². The maximum absolute atomic E-state index is 13.7. The minimum Gasteiger partial charge on any atom is -0.495 e. The molecule has 172 valence electrons. The molecule has 1 aliphatic rings. The number of hydrogen-bond donors (Lipinski definition) is 0. The molecule has 3 aromatic carbocycles. The van der Waals surface area contributed by atoms with Crippen molar-refractivity contribution in [2.45, 2.75) is 6.04 Å². The Balaban J connectivity index is 1.79. The van der Waals surface area contributed by atoms with Crippen LogP contribution in [0.5, 0.6) is 17.2 Å². The minimum atomic E-state index is -0.771. The average molecular weight is 478 g/mol. The molecule has 0 N–H and O–H groups in total. The zero-order valence-electron chi connectivity index (χ0n) is 18.6. The zero-order valence-corrected chi connectivity index (χ0v) is 19.4. The van der Waals surface area contributed by atoms with Crippen molar-refractivity contribution in [3.05, 3.63) is 92.8 Å². The summed E-state index contributed by atoms with van der Waals surface area (Å²) in [6.07, 6.45) is 0. The van der Waals surface area contributed by atoms with Crippen LogP contribution in [0.2, 0.25) is 5.02 Å². The molecule has 1 aliphatic heterocycles. The molecule has 5 rings (SSSR count). The van der Waals surface area contributed by atoms with E-state index in [9.17, 15) is 9.59 Å². The van der Waals surface area contributed by atoms with Crippen LogP contribution in [-0.4, -0.2) is 27.2 Å². The molecule has 0 aliphatic carbocycles. The molecule has 0 radical (unpaired) electrons. The SMILES string of the molecule is COc1ccc(N2C(=O)c3oc4ccccc4c(=O)c3C2c2ccc(OC)c(OC)c2)cc1Cl. The van der Waals surface area contributed by atoms with Gasteiger partial charge in [-0.1, -0.05) is 29.8 Å². The second-order valence-electron chi connectivity index (χ2n) is 7.68. The molecular formula is C26H20ClNO6. The van der Waals surface area contributed by atoms with E-state index in [2.05, 4.69) is 0 Å². The van der Waals surface area contributed by atoms with Gasteiger partial charge in [0, 0.05) is 5.69 Å². The highest BCUT2D eigenvalue weighted by molar-refractivity contribution is 6.32. The van der Waals surface area contributed by atoms with Crippen molar-refractivity contribution < 1.29 is 23.4 Å². The number of benzene rings is 3. The third-order valence-corrected chi connectivity index (χ3v) is 6.21. The summed E-state index contributed by atoms with van der Waals surface area (Å²) < 4.78 is 22.1. The van der Waals surface area contributed by atoms with Gasteiger partial charge in [0.1, 0.15) is 11.3 Å². The first-order chi connectivity index (χ1) is 16.5. The molecule has 1 amide bonds. The number of rotatable bonds is 5. The Labute approximate surface area is 200 Å². The quantitative estimate of drug-likeness (QED) is 0.392. The summed E-state index contributed by atoms with van der Waals surface area (Å²) in [5.41, 5.74) is 1.47. The van der Waals surface area contributed by atoms with Crippen molar-refractivity contribution in [2.24, 2.45) is 0 Å². The molecule has 1 aromatic heterocycles. The maximum Gasteiger partial charge on any atom is 0.295 e. The summed E-state index contributed by atoms with van der Waals surface area (Å²) in [6, 6.07) is 16.4. The summed E-state index contributed by atoms with van der Waals surface area (Å²) in [5.74, 6) is 1.02. The number of amides is 1. The smallest absolute Gasteiger partial charge is 0.295 e. The molecule has 1 atom stereocenters. The lowest BCUT2D eigenvalue weighted by atomic mass is 9.97. The van der Waals surface area contributed by atoms with E-state index in [1.807, 2.05) is 0 Å².